The van der Waals surface area contributed by atoms with Gasteiger partial charge < -0.3 is 4.90 Å². The molecule has 3 heteroatoms. The lowest BCUT2D eigenvalue weighted by Crippen LogP contribution is -2.26. The summed E-state index contributed by atoms with van der Waals surface area (Å²) in [6, 6.07) is 5.59. The average molecular weight is 228 g/mol. The van der Waals surface area contributed by atoms with Crippen molar-refractivity contribution in [2.75, 3.05) is 11.4 Å². The number of hydrogen-bond acceptors (Lipinski definition) is 1. The van der Waals surface area contributed by atoms with Gasteiger partial charge in [0.25, 0.3) is 0 Å². The van der Waals surface area contributed by atoms with Crippen LogP contribution in [0.15, 0.2) is 18.2 Å². The molecule has 82 valence electrons. The Balaban J connectivity index is 2.30. The summed E-state index contributed by atoms with van der Waals surface area (Å²) in [6.07, 6.45) is 2.38. The number of anilines is 1. The number of halogens is 2. The summed E-state index contributed by atoms with van der Waals surface area (Å²) in [6.45, 7) is 3.20. The summed E-state index contributed by atoms with van der Waals surface area (Å²) in [5, 5.41) is 0. The smallest absolute Gasteiger partial charge is 0.125 e. The lowest BCUT2D eigenvalue weighted by Gasteiger charge is -2.24. The summed E-state index contributed by atoms with van der Waals surface area (Å²) < 4.78 is 13.3. The lowest BCUT2D eigenvalue weighted by molar-refractivity contribution is 0.624. The summed E-state index contributed by atoms with van der Waals surface area (Å²) in [7, 11) is 0. The number of rotatable bonds is 2. The highest BCUT2D eigenvalue weighted by Crippen LogP contribution is 2.27. The third kappa shape index (κ3) is 2.25. The number of alkyl halides is 1. The second-order valence-corrected chi connectivity index (χ2v) is 4.40. The standard InChI is InChI=1S/C12H15ClFN/c1-9-3-2-4-15(9)12-6-10(8-13)5-11(14)7-12/h5-7,9H,2-4,8H2,1H3. The van der Waals surface area contributed by atoms with Crippen LogP contribution in [-0.4, -0.2) is 12.6 Å². The number of nitrogens with zero attached hydrogens (tertiary/aromatic N) is 1. The van der Waals surface area contributed by atoms with Crippen molar-refractivity contribution in [3.8, 4) is 0 Å². The Labute approximate surface area is 94.8 Å². The zero-order chi connectivity index (χ0) is 10.8. The molecule has 0 amide bonds. The molecule has 1 aliphatic heterocycles. The fourth-order valence-electron chi connectivity index (χ4n) is 2.19. The van der Waals surface area contributed by atoms with Gasteiger partial charge in [-0.1, -0.05) is 0 Å². The predicted molar refractivity (Wildman–Crippen MR) is 62.0 cm³/mol. The molecule has 1 unspecified atom stereocenters. The van der Waals surface area contributed by atoms with Gasteiger partial charge in [0.1, 0.15) is 5.82 Å². The van der Waals surface area contributed by atoms with E-state index in [4.69, 9.17) is 11.6 Å². The summed E-state index contributed by atoms with van der Waals surface area (Å²) in [5.41, 5.74) is 1.82. The molecule has 1 heterocycles. The molecule has 1 saturated heterocycles. The van der Waals surface area contributed by atoms with Crippen LogP contribution in [0.2, 0.25) is 0 Å². The van der Waals surface area contributed by atoms with Gasteiger partial charge in [0.05, 0.1) is 0 Å². The molecule has 0 N–H and O–H groups in total. The van der Waals surface area contributed by atoms with Crippen molar-refractivity contribution >= 4 is 17.3 Å². The molecule has 0 saturated carbocycles. The average Bonchev–Trinajstić information content (AvgIpc) is 2.63. The van der Waals surface area contributed by atoms with E-state index in [1.54, 1.807) is 6.07 Å². The van der Waals surface area contributed by atoms with Gasteiger partial charge in [-0.3, -0.25) is 0 Å². The van der Waals surface area contributed by atoms with Crippen LogP contribution in [0.4, 0.5) is 10.1 Å². The van der Waals surface area contributed by atoms with E-state index in [9.17, 15) is 4.39 Å². The minimum atomic E-state index is -0.192. The van der Waals surface area contributed by atoms with E-state index < -0.39 is 0 Å². The van der Waals surface area contributed by atoms with E-state index in [0.717, 1.165) is 17.8 Å². The number of benzene rings is 1. The van der Waals surface area contributed by atoms with E-state index in [2.05, 4.69) is 11.8 Å². The van der Waals surface area contributed by atoms with Crippen molar-refractivity contribution < 1.29 is 4.39 Å². The third-order valence-electron chi connectivity index (χ3n) is 2.98. The highest BCUT2D eigenvalue weighted by Gasteiger charge is 2.21. The van der Waals surface area contributed by atoms with Crippen LogP contribution >= 0.6 is 11.6 Å². The Morgan fingerprint density at radius 1 is 1.47 bits per heavy atom. The molecule has 0 spiro atoms. The van der Waals surface area contributed by atoms with Crippen LogP contribution in [0, 0.1) is 5.82 Å². The molecule has 1 aromatic carbocycles. The van der Waals surface area contributed by atoms with Crippen LogP contribution in [0.5, 0.6) is 0 Å². The predicted octanol–water partition coefficient (Wildman–Crippen LogP) is 3.55. The maximum absolute atomic E-state index is 13.3. The van der Waals surface area contributed by atoms with Gasteiger partial charge in [-0.2, -0.15) is 0 Å². The summed E-state index contributed by atoms with van der Waals surface area (Å²) >= 11 is 5.73. The third-order valence-corrected chi connectivity index (χ3v) is 3.29. The van der Waals surface area contributed by atoms with E-state index in [1.807, 2.05) is 6.07 Å². The second-order valence-electron chi connectivity index (χ2n) is 4.14. The van der Waals surface area contributed by atoms with Crippen molar-refractivity contribution in [1.82, 2.24) is 0 Å². The molecular formula is C12H15ClFN. The van der Waals surface area contributed by atoms with Crippen LogP contribution in [0.3, 0.4) is 0 Å². The highest BCUT2D eigenvalue weighted by molar-refractivity contribution is 6.17. The van der Waals surface area contributed by atoms with Crippen LogP contribution < -0.4 is 4.90 Å². The lowest BCUT2D eigenvalue weighted by atomic mass is 10.2. The monoisotopic (exact) mass is 227 g/mol. The Kier molecular flexibility index (Phi) is 3.15. The Bertz CT molecular complexity index is 353. The van der Waals surface area contributed by atoms with Crippen LogP contribution in [-0.2, 0) is 5.88 Å². The quantitative estimate of drug-likeness (QED) is 0.699. The SMILES string of the molecule is CC1CCCN1c1cc(F)cc(CCl)c1. The van der Waals surface area contributed by atoms with Crippen molar-refractivity contribution in [2.24, 2.45) is 0 Å². The van der Waals surface area contributed by atoms with Crippen molar-refractivity contribution in [1.29, 1.82) is 0 Å². The Morgan fingerprint density at radius 2 is 2.27 bits per heavy atom. The molecule has 0 aromatic heterocycles. The molecule has 2 rings (SSSR count). The molecule has 1 aliphatic rings. The Morgan fingerprint density at radius 3 is 2.87 bits per heavy atom. The zero-order valence-corrected chi connectivity index (χ0v) is 9.60. The minimum Gasteiger partial charge on any atom is -0.369 e. The van der Waals surface area contributed by atoms with E-state index >= 15 is 0 Å². The topological polar surface area (TPSA) is 3.24 Å². The van der Waals surface area contributed by atoms with Gasteiger partial charge in [0.15, 0.2) is 0 Å². The maximum atomic E-state index is 13.3. The first kappa shape index (κ1) is 10.7. The fraction of sp³-hybridized carbons (Fsp3) is 0.500. The fourth-order valence-corrected chi connectivity index (χ4v) is 2.35. The number of hydrogen-bond donors (Lipinski definition) is 0. The molecule has 1 atom stereocenters. The van der Waals surface area contributed by atoms with Gasteiger partial charge in [-0.15, -0.1) is 11.6 Å². The highest BCUT2D eigenvalue weighted by atomic mass is 35.5. The van der Waals surface area contributed by atoms with E-state index in [1.165, 1.54) is 18.9 Å². The van der Waals surface area contributed by atoms with Crippen molar-refractivity contribution in [2.45, 2.75) is 31.7 Å². The molecule has 15 heavy (non-hydrogen) atoms. The zero-order valence-electron chi connectivity index (χ0n) is 8.84. The molecule has 0 aliphatic carbocycles. The molecule has 1 aromatic rings. The normalized spacial score (nSPS) is 21.0. The molecule has 1 fully saturated rings. The second kappa shape index (κ2) is 4.40. The van der Waals surface area contributed by atoms with Crippen LogP contribution in [0.1, 0.15) is 25.3 Å². The van der Waals surface area contributed by atoms with E-state index in [0.29, 0.717) is 11.9 Å². The first-order valence-electron chi connectivity index (χ1n) is 5.33. The largest absolute Gasteiger partial charge is 0.369 e. The minimum absolute atomic E-state index is 0.192. The van der Waals surface area contributed by atoms with Gasteiger partial charge in [-0.05, 0) is 43.5 Å². The van der Waals surface area contributed by atoms with E-state index in [-0.39, 0.29) is 5.82 Å². The molecule has 0 radical (unpaired) electrons. The van der Waals surface area contributed by atoms with Crippen LogP contribution in [0.25, 0.3) is 0 Å². The van der Waals surface area contributed by atoms with Gasteiger partial charge in [0.2, 0.25) is 0 Å². The van der Waals surface area contributed by atoms with Crippen molar-refractivity contribution in [3.05, 3.63) is 29.6 Å². The van der Waals surface area contributed by atoms with Gasteiger partial charge in [0, 0.05) is 24.2 Å². The molecule has 0 bridgehead atoms. The maximum Gasteiger partial charge on any atom is 0.125 e. The van der Waals surface area contributed by atoms with Gasteiger partial charge >= 0.3 is 0 Å². The Hall–Kier alpha value is -0.760. The molecule has 1 nitrogen and oxygen atoms in total. The molecular weight excluding hydrogens is 213 g/mol. The summed E-state index contributed by atoms with van der Waals surface area (Å²) in [5.74, 6) is 0.176. The first-order valence-corrected chi connectivity index (χ1v) is 5.86. The van der Waals surface area contributed by atoms with Crippen molar-refractivity contribution in [3.63, 3.8) is 0 Å². The van der Waals surface area contributed by atoms with Gasteiger partial charge in [-0.25, -0.2) is 4.39 Å². The summed E-state index contributed by atoms with van der Waals surface area (Å²) in [4.78, 5) is 2.25. The first-order chi connectivity index (χ1) is 7.20.